The summed E-state index contributed by atoms with van der Waals surface area (Å²) in [6.45, 7) is -0.301. The molecule has 8 nitrogen and oxygen atoms in total. The van der Waals surface area contributed by atoms with E-state index in [2.05, 4.69) is 4.74 Å². The molecule has 0 bridgehead atoms. The van der Waals surface area contributed by atoms with Crippen LogP contribution in [-0.2, 0) is 21.7 Å². The van der Waals surface area contributed by atoms with Crippen molar-refractivity contribution in [3.63, 3.8) is 0 Å². The number of aromatic nitrogens is 2. The summed E-state index contributed by atoms with van der Waals surface area (Å²) >= 11 is 0. The molecule has 0 aliphatic heterocycles. The van der Waals surface area contributed by atoms with Crippen molar-refractivity contribution in [3.8, 4) is 0 Å². The number of alkyl halides is 3. The summed E-state index contributed by atoms with van der Waals surface area (Å²) in [4.78, 5) is 37.2. The van der Waals surface area contributed by atoms with Crippen molar-refractivity contribution in [2.24, 2.45) is 0 Å². The Balaban J connectivity index is 2.77. The molecule has 1 atom stereocenters. The molecule has 4 N–H and O–H groups in total. The van der Waals surface area contributed by atoms with E-state index in [1.807, 2.05) is 0 Å². The summed E-state index contributed by atoms with van der Waals surface area (Å²) in [6, 6.07) is 8.03. The van der Waals surface area contributed by atoms with E-state index >= 15 is 0 Å². The first-order chi connectivity index (χ1) is 12.0. The monoisotopic (exact) mass is 373 g/mol. The van der Waals surface area contributed by atoms with Gasteiger partial charge in [-0.3, -0.25) is 14.3 Å². The molecular formula is C15H14F3N3O5. The number of nitrogen functional groups attached to an aromatic ring is 1. The number of hydrogen-bond acceptors (Lipinski definition) is 6. The SMILES string of the molecule is COC(=O)C(O)(c1c(N)n(Cc2ccccc2)c(=O)[nH]c1=O)C(F)(F)F. The van der Waals surface area contributed by atoms with Crippen LogP contribution < -0.4 is 17.0 Å². The molecule has 0 spiro atoms. The number of carbonyl (C=O) groups excluding carboxylic acids is 1. The first kappa shape index (κ1) is 19.2. The molecule has 140 valence electrons. The molecule has 0 radical (unpaired) electrons. The quantitative estimate of drug-likeness (QED) is 0.652. The van der Waals surface area contributed by atoms with Gasteiger partial charge in [-0.15, -0.1) is 0 Å². The summed E-state index contributed by atoms with van der Waals surface area (Å²) in [5.74, 6) is -3.17. The van der Waals surface area contributed by atoms with Gasteiger partial charge in [0.25, 0.3) is 11.2 Å². The second-order valence-corrected chi connectivity index (χ2v) is 5.29. The average Bonchev–Trinajstić information content (AvgIpc) is 2.57. The molecule has 1 aromatic heterocycles. The molecule has 2 aromatic rings. The van der Waals surface area contributed by atoms with Crippen LogP contribution >= 0.6 is 0 Å². The standard InChI is InChI=1S/C15H14F3N3O5/c1-26-12(23)14(25,15(16,17)18)9-10(19)21(13(24)20-11(9)22)7-8-5-3-2-4-6-8/h2-6,25H,7,19H2,1H3,(H,20,22,24). The van der Waals surface area contributed by atoms with E-state index in [-0.39, 0.29) is 6.54 Å². The Bertz CT molecular complexity index is 936. The highest BCUT2D eigenvalue weighted by molar-refractivity contribution is 5.83. The first-order valence-electron chi connectivity index (χ1n) is 7.08. The van der Waals surface area contributed by atoms with E-state index in [9.17, 15) is 32.7 Å². The van der Waals surface area contributed by atoms with Gasteiger partial charge in [0.2, 0.25) is 0 Å². The highest BCUT2D eigenvalue weighted by atomic mass is 19.4. The van der Waals surface area contributed by atoms with Gasteiger partial charge in [-0.2, -0.15) is 13.2 Å². The number of rotatable bonds is 4. The van der Waals surface area contributed by atoms with E-state index in [1.165, 1.54) is 0 Å². The number of ether oxygens (including phenoxy) is 1. The zero-order valence-electron chi connectivity index (χ0n) is 13.3. The zero-order valence-corrected chi connectivity index (χ0v) is 13.3. The molecule has 2 rings (SSSR count). The number of anilines is 1. The minimum absolute atomic E-state index is 0.301. The summed E-state index contributed by atoms with van der Waals surface area (Å²) in [5, 5.41) is 10.0. The number of benzene rings is 1. The summed E-state index contributed by atoms with van der Waals surface area (Å²) in [5.41, 5.74) is -2.57. The van der Waals surface area contributed by atoms with Gasteiger partial charge in [0.05, 0.1) is 13.7 Å². The molecule has 0 aliphatic rings. The highest BCUT2D eigenvalue weighted by Gasteiger charge is 2.64. The number of nitrogens with zero attached hydrogens (tertiary/aromatic N) is 1. The lowest BCUT2D eigenvalue weighted by Gasteiger charge is -2.28. The van der Waals surface area contributed by atoms with E-state index in [0.717, 1.165) is 0 Å². The van der Waals surface area contributed by atoms with Gasteiger partial charge in [-0.25, -0.2) is 9.59 Å². The number of methoxy groups -OCH3 is 1. The number of aromatic amines is 1. The summed E-state index contributed by atoms with van der Waals surface area (Å²) in [7, 11) is 0.601. The van der Waals surface area contributed by atoms with E-state index in [0.29, 0.717) is 17.2 Å². The van der Waals surface area contributed by atoms with E-state index in [4.69, 9.17) is 5.73 Å². The molecule has 0 saturated heterocycles. The first-order valence-corrected chi connectivity index (χ1v) is 7.08. The predicted molar refractivity (Wildman–Crippen MR) is 83.2 cm³/mol. The van der Waals surface area contributed by atoms with Gasteiger partial charge in [-0.1, -0.05) is 30.3 Å². The van der Waals surface area contributed by atoms with Crippen molar-refractivity contribution in [1.82, 2.24) is 9.55 Å². The minimum atomic E-state index is -5.63. The van der Waals surface area contributed by atoms with Crippen molar-refractivity contribution in [3.05, 3.63) is 62.3 Å². The van der Waals surface area contributed by atoms with E-state index < -0.39 is 40.4 Å². The fraction of sp³-hybridized carbons (Fsp3) is 0.267. The van der Waals surface area contributed by atoms with Crippen LogP contribution in [0.2, 0.25) is 0 Å². The van der Waals surface area contributed by atoms with Gasteiger partial charge in [0.15, 0.2) is 0 Å². The third kappa shape index (κ3) is 3.08. The number of carbonyl (C=O) groups is 1. The van der Waals surface area contributed by atoms with Crippen molar-refractivity contribution >= 4 is 11.8 Å². The van der Waals surface area contributed by atoms with Gasteiger partial charge < -0.3 is 15.6 Å². The fourth-order valence-corrected chi connectivity index (χ4v) is 2.37. The van der Waals surface area contributed by atoms with Crippen LogP contribution in [0.25, 0.3) is 0 Å². The predicted octanol–water partition coefficient (Wildman–Crippen LogP) is 0.0900. The van der Waals surface area contributed by atoms with Crippen LogP contribution in [0.3, 0.4) is 0 Å². The zero-order chi connectivity index (χ0) is 19.7. The molecule has 26 heavy (non-hydrogen) atoms. The molecule has 1 aromatic carbocycles. The Morgan fingerprint density at radius 2 is 1.85 bits per heavy atom. The Morgan fingerprint density at radius 1 is 1.27 bits per heavy atom. The molecule has 1 heterocycles. The van der Waals surface area contributed by atoms with Gasteiger partial charge in [-0.05, 0) is 5.56 Å². The third-order valence-corrected chi connectivity index (χ3v) is 3.68. The highest BCUT2D eigenvalue weighted by Crippen LogP contribution is 2.40. The smallest absolute Gasteiger partial charge is 0.432 e. The molecule has 0 saturated carbocycles. The number of halogens is 3. The topological polar surface area (TPSA) is 127 Å². The van der Waals surface area contributed by atoms with E-state index in [1.54, 1.807) is 35.3 Å². The number of esters is 1. The maximum Gasteiger partial charge on any atom is 0.432 e. The summed E-state index contributed by atoms with van der Waals surface area (Å²) < 4.78 is 44.8. The van der Waals surface area contributed by atoms with Gasteiger partial charge in [0.1, 0.15) is 11.4 Å². The van der Waals surface area contributed by atoms with Crippen molar-refractivity contribution in [2.75, 3.05) is 12.8 Å². The lowest BCUT2D eigenvalue weighted by Crippen LogP contribution is -2.54. The molecule has 0 fully saturated rings. The Hall–Kier alpha value is -3.08. The van der Waals surface area contributed by atoms with Crippen molar-refractivity contribution < 1.29 is 27.8 Å². The lowest BCUT2D eigenvalue weighted by atomic mass is 9.94. The van der Waals surface area contributed by atoms with Crippen LogP contribution in [0.4, 0.5) is 19.0 Å². The molecular weight excluding hydrogens is 359 g/mol. The van der Waals surface area contributed by atoms with Crippen LogP contribution in [0.1, 0.15) is 11.1 Å². The number of H-pyrrole nitrogens is 1. The number of nitrogens with one attached hydrogen (secondary N) is 1. The second-order valence-electron chi connectivity index (χ2n) is 5.29. The van der Waals surface area contributed by atoms with Crippen LogP contribution in [0, 0.1) is 0 Å². The van der Waals surface area contributed by atoms with Crippen LogP contribution in [0.5, 0.6) is 0 Å². The molecule has 11 heteroatoms. The Kier molecular flexibility index (Phi) is 4.94. The molecule has 1 unspecified atom stereocenters. The lowest BCUT2D eigenvalue weighted by molar-refractivity contribution is -0.267. The van der Waals surface area contributed by atoms with Gasteiger partial charge in [0, 0.05) is 0 Å². The minimum Gasteiger partial charge on any atom is -0.466 e. The largest absolute Gasteiger partial charge is 0.466 e. The average molecular weight is 373 g/mol. The summed E-state index contributed by atoms with van der Waals surface area (Å²) in [6.07, 6.45) is -5.63. The normalized spacial score (nSPS) is 13.9. The van der Waals surface area contributed by atoms with Crippen LogP contribution in [-0.4, -0.2) is 33.9 Å². The maximum absolute atomic E-state index is 13.4. The van der Waals surface area contributed by atoms with Crippen LogP contribution in [0.15, 0.2) is 39.9 Å². The number of aliphatic hydroxyl groups is 1. The number of nitrogens with two attached hydrogens (primary N) is 1. The number of hydrogen-bond donors (Lipinski definition) is 3. The third-order valence-electron chi connectivity index (χ3n) is 3.68. The Morgan fingerprint density at radius 3 is 2.35 bits per heavy atom. The maximum atomic E-state index is 13.4. The van der Waals surface area contributed by atoms with Crippen molar-refractivity contribution in [1.29, 1.82) is 0 Å². The Labute approximate surface area is 143 Å². The second kappa shape index (κ2) is 6.67. The molecule has 0 aliphatic carbocycles. The van der Waals surface area contributed by atoms with Gasteiger partial charge >= 0.3 is 17.8 Å². The fourth-order valence-electron chi connectivity index (χ4n) is 2.37. The molecule has 0 amide bonds. The van der Waals surface area contributed by atoms with Crippen molar-refractivity contribution in [2.45, 2.75) is 18.3 Å².